The molecule has 0 saturated heterocycles. The second kappa shape index (κ2) is 11.5. The van der Waals surface area contributed by atoms with E-state index >= 15 is 0 Å². The molecule has 1 aromatic carbocycles. The molecule has 0 aliphatic rings. The molecular weight excluding hydrogens is 260 g/mol. The minimum absolute atomic E-state index is 0.380. The van der Waals surface area contributed by atoms with Gasteiger partial charge < -0.3 is 9.47 Å². The number of hydrogen-bond donors (Lipinski definition) is 0. The fourth-order valence-electron chi connectivity index (χ4n) is 2.13. The van der Waals surface area contributed by atoms with Crippen molar-refractivity contribution >= 4 is 0 Å². The summed E-state index contributed by atoms with van der Waals surface area (Å²) in [5.74, 6) is 0. The van der Waals surface area contributed by atoms with Crippen LogP contribution in [0.4, 0.5) is 0 Å². The average Bonchev–Trinajstić information content (AvgIpc) is 2.48. The molecular formula is C19H30O2. The Hall–Kier alpha value is -1.12. The summed E-state index contributed by atoms with van der Waals surface area (Å²) >= 11 is 0. The van der Waals surface area contributed by atoms with Gasteiger partial charge in [0, 0.05) is 0 Å². The number of benzene rings is 1. The Morgan fingerprint density at radius 3 is 2.67 bits per heavy atom. The van der Waals surface area contributed by atoms with Crippen LogP contribution in [-0.4, -0.2) is 25.9 Å². The van der Waals surface area contributed by atoms with E-state index < -0.39 is 0 Å². The molecule has 1 rings (SSSR count). The summed E-state index contributed by atoms with van der Waals surface area (Å²) in [6.07, 6.45) is 6.85. The summed E-state index contributed by atoms with van der Waals surface area (Å²) in [5, 5.41) is 0. The van der Waals surface area contributed by atoms with Crippen LogP contribution in [0, 0.1) is 0 Å². The van der Waals surface area contributed by atoms with E-state index in [9.17, 15) is 0 Å². The fraction of sp³-hybridized carbons (Fsp3) is 0.579. The molecule has 0 fully saturated rings. The molecule has 1 atom stereocenters. The van der Waals surface area contributed by atoms with Crippen LogP contribution < -0.4 is 0 Å². The van der Waals surface area contributed by atoms with Gasteiger partial charge in [-0.25, -0.2) is 0 Å². The van der Waals surface area contributed by atoms with E-state index in [1.807, 2.05) is 6.07 Å². The monoisotopic (exact) mass is 290 g/mol. The van der Waals surface area contributed by atoms with Gasteiger partial charge in [-0.3, -0.25) is 0 Å². The van der Waals surface area contributed by atoms with Crippen LogP contribution in [0.2, 0.25) is 0 Å². The lowest BCUT2D eigenvalue weighted by Gasteiger charge is -2.11. The van der Waals surface area contributed by atoms with Crippen LogP contribution in [-0.2, 0) is 15.9 Å². The lowest BCUT2D eigenvalue weighted by molar-refractivity contribution is 0.0619. The molecule has 0 N–H and O–H groups in total. The molecule has 118 valence electrons. The van der Waals surface area contributed by atoms with E-state index in [0.29, 0.717) is 12.7 Å². The van der Waals surface area contributed by atoms with Crippen molar-refractivity contribution in [2.24, 2.45) is 0 Å². The highest BCUT2D eigenvalue weighted by Gasteiger charge is 2.00. The molecule has 0 spiro atoms. The van der Waals surface area contributed by atoms with E-state index in [1.165, 1.54) is 17.6 Å². The molecule has 0 bridgehead atoms. The standard InChI is InChI=1S/C19H30O2/c1-4-8-18(3)21-16-12-17(2)11-14-20-15-13-19-9-6-5-7-10-19/h5-7,9-11,18H,4,8,12-16H2,1-3H3. The molecule has 21 heavy (non-hydrogen) atoms. The smallest absolute Gasteiger partial charge is 0.0650 e. The first kappa shape index (κ1) is 17.9. The fourth-order valence-corrected chi connectivity index (χ4v) is 2.13. The second-order valence-electron chi connectivity index (χ2n) is 5.58. The maximum Gasteiger partial charge on any atom is 0.0650 e. The number of ether oxygens (including phenoxy) is 2. The van der Waals surface area contributed by atoms with Crippen molar-refractivity contribution in [2.75, 3.05) is 19.8 Å². The van der Waals surface area contributed by atoms with Gasteiger partial charge in [0.05, 0.1) is 25.9 Å². The van der Waals surface area contributed by atoms with Gasteiger partial charge in [0.2, 0.25) is 0 Å². The van der Waals surface area contributed by atoms with Crippen LogP contribution in [0.3, 0.4) is 0 Å². The SMILES string of the molecule is CCCC(C)OCCC(C)=CCOCCc1ccccc1. The molecule has 0 amide bonds. The first-order valence-corrected chi connectivity index (χ1v) is 8.11. The summed E-state index contributed by atoms with van der Waals surface area (Å²) in [5.41, 5.74) is 2.68. The highest BCUT2D eigenvalue weighted by atomic mass is 16.5. The average molecular weight is 290 g/mol. The molecule has 0 heterocycles. The first-order chi connectivity index (χ1) is 10.2. The van der Waals surface area contributed by atoms with Gasteiger partial charge in [0.15, 0.2) is 0 Å². The summed E-state index contributed by atoms with van der Waals surface area (Å²) < 4.78 is 11.4. The summed E-state index contributed by atoms with van der Waals surface area (Å²) in [6, 6.07) is 10.5. The summed E-state index contributed by atoms with van der Waals surface area (Å²) in [7, 11) is 0. The maximum atomic E-state index is 5.76. The lowest BCUT2D eigenvalue weighted by atomic mass is 10.2. The predicted molar refractivity (Wildman–Crippen MR) is 89.7 cm³/mol. The zero-order valence-electron chi connectivity index (χ0n) is 13.8. The molecule has 1 aromatic rings. The molecule has 2 heteroatoms. The molecule has 0 aromatic heterocycles. The van der Waals surface area contributed by atoms with Crippen molar-refractivity contribution in [1.29, 1.82) is 0 Å². The van der Waals surface area contributed by atoms with Gasteiger partial charge in [0.25, 0.3) is 0 Å². The lowest BCUT2D eigenvalue weighted by Crippen LogP contribution is -2.09. The van der Waals surface area contributed by atoms with Gasteiger partial charge in [-0.2, -0.15) is 0 Å². The highest BCUT2D eigenvalue weighted by Crippen LogP contribution is 2.05. The second-order valence-corrected chi connectivity index (χ2v) is 5.58. The largest absolute Gasteiger partial charge is 0.378 e. The molecule has 0 aliphatic heterocycles. The van der Waals surface area contributed by atoms with Crippen molar-refractivity contribution in [3.63, 3.8) is 0 Å². The molecule has 2 nitrogen and oxygen atoms in total. The van der Waals surface area contributed by atoms with Gasteiger partial charge in [-0.05, 0) is 38.7 Å². The van der Waals surface area contributed by atoms with Crippen LogP contribution in [0.5, 0.6) is 0 Å². The minimum Gasteiger partial charge on any atom is -0.378 e. The van der Waals surface area contributed by atoms with Crippen molar-refractivity contribution in [3.8, 4) is 0 Å². The molecule has 0 aliphatic carbocycles. The summed E-state index contributed by atoms with van der Waals surface area (Å²) in [4.78, 5) is 0. The Labute approximate surface area is 130 Å². The van der Waals surface area contributed by atoms with Gasteiger partial charge in [0.1, 0.15) is 0 Å². The zero-order valence-corrected chi connectivity index (χ0v) is 13.8. The van der Waals surface area contributed by atoms with Crippen LogP contribution in [0.25, 0.3) is 0 Å². The third kappa shape index (κ3) is 9.43. The Bertz CT molecular complexity index is 384. The summed E-state index contributed by atoms with van der Waals surface area (Å²) in [6.45, 7) is 8.77. The Morgan fingerprint density at radius 2 is 1.95 bits per heavy atom. The molecule has 0 radical (unpaired) electrons. The van der Waals surface area contributed by atoms with E-state index in [1.54, 1.807) is 0 Å². The number of hydrogen-bond acceptors (Lipinski definition) is 2. The van der Waals surface area contributed by atoms with Crippen molar-refractivity contribution in [2.45, 2.75) is 52.6 Å². The van der Waals surface area contributed by atoms with Gasteiger partial charge >= 0.3 is 0 Å². The topological polar surface area (TPSA) is 18.5 Å². The van der Waals surface area contributed by atoms with Gasteiger partial charge in [-0.1, -0.05) is 55.3 Å². The minimum atomic E-state index is 0.380. The maximum absolute atomic E-state index is 5.76. The van der Waals surface area contributed by atoms with Crippen LogP contribution in [0.1, 0.15) is 45.6 Å². The van der Waals surface area contributed by atoms with Crippen LogP contribution >= 0.6 is 0 Å². The van der Waals surface area contributed by atoms with Crippen LogP contribution in [0.15, 0.2) is 42.0 Å². The molecule has 0 saturated carbocycles. The zero-order chi connectivity index (χ0) is 15.3. The third-order valence-corrected chi connectivity index (χ3v) is 3.52. The van der Waals surface area contributed by atoms with E-state index in [-0.39, 0.29) is 0 Å². The molecule has 1 unspecified atom stereocenters. The predicted octanol–water partition coefficient (Wildman–Crippen LogP) is 4.79. The Balaban J connectivity index is 2.04. The highest BCUT2D eigenvalue weighted by molar-refractivity contribution is 5.14. The first-order valence-electron chi connectivity index (χ1n) is 8.11. The van der Waals surface area contributed by atoms with E-state index in [2.05, 4.69) is 51.1 Å². The Kier molecular flexibility index (Phi) is 9.84. The van der Waals surface area contributed by atoms with E-state index in [0.717, 1.165) is 32.5 Å². The Morgan fingerprint density at radius 1 is 1.19 bits per heavy atom. The normalized spacial score (nSPS) is 13.4. The van der Waals surface area contributed by atoms with E-state index in [4.69, 9.17) is 9.47 Å². The van der Waals surface area contributed by atoms with Gasteiger partial charge in [-0.15, -0.1) is 0 Å². The quantitative estimate of drug-likeness (QED) is 0.431. The number of rotatable bonds is 11. The van der Waals surface area contributed by atoms with Crippen molar-refractivity contribution < 1.29 is 9.47 Å². The third-order valence-electron chi connectivity index (χ3n) is 3.52. The van der Waals surface area contributed by atoms with Crippen molar-refractivity contribution in [1.82, 2.24) is 0 Å². The van der Waals surface area contributed by atoms with Crippen molar-refractivity contribution in [3.05, 3.63) is 47.5 Å².